The predicted octanol–water partition coefficient (Wildman–Crippen LogP) is 1.70. The van der Waals surface area contributed by atoms with E-state index in [0.717, 1.165) is 16.2 Å². The number of hydrogen-bond donors (Lipinski definition) is 2. The van der Waals surface area contributed by atoms with Gasteiger partial charge < -0.3 is 24.8 Å². The molecule has 2 aromatic carbocycles. The fraction of sp³-hybridized carbons (Fsp3) is 0.172. The summed E-state index contributed by atoms with van der Waals surface area (Å²) in [6.07, 6.45) is 5.29. The van der Waals surface area contributed by atoms with Crippen LogP contribution in [0.4, 0.5) is 5.13 Å². The molecule has 2 aliphatic rings. The third kappa shape index (κ3) is 5.86. The van der Waals surface area contributed by atoms with Crippen LogP contribution < -0.4 is 10.6 Å². The van der Waals surface area contributed by atoms with E-state index in [2.05, 4.69) is 26.7 Å². The summed E-state index contributed by atoms with van der Waals surface area (Å²) in [5.74, 6) is -0.242. The molecule has 1 fully saturated rings. The largest absolute Gasteiger partial charge is 0.614 e. The van der Waals surface area contributed by atoms with E-state index in [-0.39, 0.29) is 33.6 Å². The lowest BCUT2D eigenvalue weighted by Gasteiger charge is -2.48. The molecule has 3 atom stereocenters. The number of amides is 3. The van der Waals surface area contributed by atoms with Crippen molar-refractivity contribution in [2.75, 3.05) is 18.2 Å². The number of benzene rings is 2. The molecule has 0 bridgehead atoms. The van der Waals surface area contributed by atoms with Gasteiger partial charge in [-0.3, -0.25) is 19.3 Å². The SMILES string of the molecule is C#CC1=C(C(=O)OC(c2ccccc2)c2ccccc2)N2C(=O)C(NC(=O)C(=NOC)c3csc(NC=O)n3)[C@@H]2[S+]([O-])C1. The van der Waals surface area contributed by atoms with Gasteiger partial charge in [0.25, 0.3) is 11.8 Å². The summed E-state index contributed by atoms with van der Waals surface area (Å²) >= 11 is -0.717. The van der Waals surface area contributed by atoms with Gasteiger partial charge in [0.1, 0.15) is 18.6 Å². The van der Waals surface area contributed by atoms with Crippen molar-refractivity contribution in [2.24, 2.45) is 5.16 Å². The van der Waals surface area contributed by atoms with Crippen LogP contribution in [0.2, 0.25) is 0 Å². The molecule has 2 aliphatic heterocycles. The van der Waals surface area contributed by atoms with Crippen LogP contribution in [0, 0.1) is 12.3 Å². The molecular formula is C29H23N5O7S2. The molecule has 0 radical (unpaired) electrons. The third-order valence-electron chi connectivity index (χ3n) is 6.54. The summed E-state index contributed by atoms with van der Waals surface area (Å²) in [4.78, 5) is 60.9. The summed E-state index contributed by atoms with van der Waals surface area (Å²) in [5, 5.41) is 9.18. The van der Waals surface area contributed by atoms with Crippen LogP contribution in [0.3, 0.4) is 0 Å². The number of esters is 1. The van der Waals surface area contributed by atoms with E-state index in [9.17, 15) is 23.7 Å². The number of ether oxygens (including phenoxy) is 1. The van der Waals surface area contributed by atoms with Crippen LogP contribution in [0.1, 0.15) is 22.9 Å². The van der Waals surface area contributed by atoms with Gasteiger partial charge in [-0.15, -0.1) is 17.8 Å². The van der Waals surface area contributed by atoms with Gasteiger partial charge in [-0.05, 0) is 22.3 Å². The third-order valence-corrected chi connectivity index (χ3v) is 8.90. The molecule has 218 valence electrons. The Morgan fingerprint density at radius 1 is 1.21 bits per heavy atom. The topological polar surface area (TPSA) is 162 Å². The number of anilines is 1. The van der Waals surface area contributed by atoms with Crippen molar-refractivity contribution in [2.45, 2.75) is 17.5 Å². The van der Waals surface area contributed by atoms with E-state index in [1.54, 1.807) is 24.3 Å². The van der Waals surface area contributed by atoms with Gasteiger partial charge in [0.2, 0.25) is 11.8 Å². The highest BCUT2D eigenvalue weighted by molar-refractivity contribution is 7.92. The normalized spacial score (nSPS) is 19.6. The number of hydrogen-bond acceptors (Lipinski definition) is 10. The number of fused-ring (bicyclic) bond motifs is 1. The predicted molar refractivity (Wildman–Crippen MR) is 158 cm³/mol. The average molecular weight is 618 g/mol. The zero-order chi connectivity index (χ0) is 30.5. The Balaban J connectivity index is 1.39. The number of carbonyl (C=O) groups is 4. The summed E-state index contributed by atoms with van der Waals surface area (Å²) in [7, 11) is 1.22. The highest BCUT2D eigenvalue weighted by atomic mass is 32.2. The van der Waals surface area contributed by atoms with E-state index in [1.165, 1.54) is 12.5 Å². The number of nitrogens with zero attached hydrogens (tertiary/aromatic N) is 3. The lowest BCUT2D eigenvalue weighted by Crippen LogP contribution is -2.75. The number of thiazole rings is 1. The van der Waals surface area contributed by atoms with E-state index < -0.39 is 46.5 Å². The first-order valence-electron chi connectivity index (χ1n) is 12.7. The summed E-state index contributed by atoms with van der Waals surface area (Å²) in [5.41, 5.74) is 1.04. The van der Waals surface area contributed by atoms with Gasteiger partial charge in [-0.2, -0.15) is 0 Å². The summed E-state index contributed by atoms with van der Waals surface area (Å²) < 4.78 is 19.2. The minimum atomic E-state index is -1.76. The van der Waals surface area contributed by atoms with Crippen LogP contribution in [-0.4, -0.2) is 68.6 Å². The van der Waals surface area contributed by atoms with Crippen LogP contribution >= 0.6 is 11.3 Å². The van der Waals surface area contributed by atoms with Crippen molar-refractivity contribution in [3.63, 3.8) is 0 Å². The Morgan fingerprint density at radius 3 is 2.44 bits per heavy atom. The van der Waals surface area contributed by atoms with Crippen molar-refractivity contribution >= 4 is 57.5 Å². The minimum Gasteiger partial charge on any atom is -0.614 e. The van der Waals surface area contributed by atoms with Crippen molar-refractivity contribution in [1.82, 2.24) is 15.2 Å². The molecule has 14 heteroatoms. The Morgan fingerprint density at radius 2 is 1.86 bits per heavy atom. The van der Waals surface area contributed by atoms with E-state index in [1.807, 2.05) is 36.4 Å². The molecular weight excluding hydrogens is 594 g/mol. The van der Waals surface area contributed by atoms with E-state index in [0.29, 0.717) is 17.5 Å². The van der Waals surface area contributed by atoms with Gasteiger partial charge in [-0.25, -0.2) is 9.78 Å². The number of terminal acetylenes is 1. The molecule has 43 heavy (non-hydrogen) atoms. The lowest BCUT2D eigenvalue weighted by molar-refractivity contribution is -0.154. The number of aromatic nitrogens is 1. The minimum absolute atomic E-state index is 0.0527. The highest BCUT2D eigenvalue weighted by Crippen LogP contribution is 2.38. The molecule has 5 rings (SSSR count). The fourth-order valence-corrected chi connectivity index (χ4v) is 6.89. The molecule has 12 nitrogen and oxygen atoms in total. The van der Waals surface area contributed by atoms with Gasteiger partial charge in [-0.1, -0.05) is 71.7 Å². The van der Waals surface area contributed by atoms with Crippen molar-refractivity contribution in [1.29, 1.82) is 0 Å². The molecule has 2 N–H and O–H groups in total. The van der Waals surface area contributed by atoms with Crippen molar-refractivity contribution in [3.8, 4) is 12.3 Å². The Labute approximate surface area is 252 Å². The first kappa shape index (κ1) is 29.5. The molecule has 3 heterocycles. The second-order valence-electron chi connectivity index (χ2n) is 9.08. The van der Waals surface area contributed by atoms with Crippen LogP contribution in [0.15, 0.2) is 82.5 Å². The Kier molecular flexibility index (Phi) is 8.86. The zero-order valence-electron chi connectivity index (χ0n) is 22.5. The summed E-state index contributed by atoms with van der Waals surface area (Å²) in [6, 6.07) is 16.9. The zero-order valence-corrected chi connectivity index (χ0v) is 24.1. The smallest absolute Gasteiger partial charge is 0.357 e. The summed E-state index contributed by atoms with van der Waals surface area (Å²) in [6.45, 7) is 0. The van der Waals surface area contributed by atoms with Gasteiger partial charge >= 0.3 is 5.97 Å². The maximum Gasteiger partial charge on any atom is 0.357 e. The molecule has 1 aromatic heterocycles. The van der Waals surface area contributed by atoms with Crippen molar-refractivity contribution in [3.05, 3.63) is 94.1 Å². The molecule has 3 amide bonds. The molecule has 0 saturated carbocycles. The number of rotatable bonds is 10. The average Bonchev–Trinajstić information content (AvgIpc) is 3.49. The van der Waals surface area contributed by atoms with Crippen LogP contribution in [0.25, 0.3) is 0 Å². The molecule has 0 spiro atoms. The van der Waals surface area contributed by atoms with Gasteiger partial charge in [0.15, 0.2) is 28.7 Å². The monoisotopic (exact) mass is 617 g/mol. The number of carbonyl (C=O) groups excluding carboxylic acids is 4. The first-order valence-corrected chi connectivity index (χ1v) is 14.9. The quantitative estimate of drug-likeness (QED) is 0.0661. The Bertz CT molecular complexity index is 1610. The lowest BCUT2D eigenvalue weighted by atomic mass is 10.0. The molecule has 1 saturated heterocycles. The number of nitrogens with one attached hydrogen (secondary N) is 2. The standard InChI is InChI=1S/C29H23N5O7S2/c1-3-17-15-43(39)27-22(32-25(36)21(33-40-2)20-14-42-29(31-20)30-16-35)26(37)34(27)23(17)28(38)41-24(18-10-6-4-7-11-18)19-12-8-5-9-13-19/h1,4-14,16,22,24,27H,15H2,2H3,(H,32,36)(H,30,31,35)/t22?,27-,43?/m0/s1. The number of β-lactam (4-membered cyclic amide) rings is 1. The van der Waals surface area contributed by atoms with Crippen LogP contribution in [-0.2, 0) is 39.9 Å². The van der Waals surface area contributed by atoms with Gasteiger partial charge in [0, 0.05) is 5.38 Å². The first-order chi connectivity index (χ1) is 20.9. The maximum absolute atomic E-state index is 13.7. The van der Waals surface area contributed by atoms with E-state index in [4.69, 9.17) is 16.0 Å². The van der Waals surface area contributed by atoms with E-state index >= 15 is 0 Å². The molecule has 2 unspecified atom stereocenters. The second kappa shape index (κ2) is 12.9. The Hall–Kier alpha value is -4.97. The molecule has 3 aromatic rings. The van der Waals surface area contributed by atoms with Gasteiger partial charge in [0.05, 0.1) is 5.57 Å². The van der Waals surface area contributed by atoms with Crippen molar-refractivity contribution < 1.29 is 33.3 Å². The maximum atomic E-state index is 13.7. The fourth-order valence-electron chi connectivity index (χ4n) is 4.63. The highest BCUT2D eigenvalue weighted by Gasteiger charge is 2.61. The molecule has 0 aliphatic carbocycles. The second-order valence-corrected chi connectivity index (χ2v) is 11.5. The van der Waals surface area contributed by atoms with Crippen LogP contribution in [0.5, 0.6) is 0 Å². The number of oxime groups is 1.